The maximum absolute atomic E-state index is 6.17. The van der Waals surface area contributed by atoms with Gasteiger partial charge >= 0.3 is 0 Å². The van der Waals surface area contributed by atoms with E-state index in [4.69, 9.17) is 9.47 Å². The van der Waals surface area contributed by atoms with E-state index < -0.39 is 0 Å². The van der Waals surface area contributed by atoms with E-state index in [9.17, 15) is 0 Å². The molecule has 0 radical (unpaired) electrons. The molecule has 0 bridgehead atoms. The van der Waals surface area contributed by atoms with Crippen LogP contribution >= 0.6 is 0 Å². The highest BCUT2D eigenvalue weighted by Crippen LogP contribution is 2.39. The van der Waals surface area contributed by atoms with Crippen LogP contribution in [0.15, 0.2) is 12.3 Å². The number of nitrogens with zero attached hydrogens (tertiary/aromatic N) is 2. The quantitative estimate of drug-likeness (QED) is 0.893. The predicted molar refractivity (Wildman–Crippen MR) is 76.4 cm³/mol. The lowest BCUT2D eigenvalue weighted by molar-refractivity contribution is -0.0453. The van der Waals surface area contributed by atoms with E-state index in [-0.39, 0.29) is 5.60 Å². The van der Waals surface area contributed by atoms with E-state index in [1.807, 2.05) is 6.20 Å². The Balaban J connectivity index is 1.46. The van der Waals surface area contributed by atoms with Crippen molar-refractivity contribution >= 4 is 0 Å². The SMILES string of the molecule is COCC[C@@H]1COC2(CCN(Cc3ccn[nH]3)CC2)C1. The van der Waals surface area contributed by atoms with Crippen LogP contribution in [0.2, 0.25) is 0 Å². The molecule has 0 saturated carbocycles. The lowest BCUT2D eigenvalue weighted by Gasteiger charge is -2.38. The normalized spacial score (nSPS) is 26.4. The van der Waals surface area contributed by atoms with Gasteiger partial charge in [0.25, 0.3) is 0 Å². The fraction of sp³-hybridized carbons (Fsp3) is 0.800. The molecule has 0 aliphatic carbocycles. The van der Waals surface area contributed by atoms with Gasteiger partial charge in [0.15, 0.2) is 0 Å². The second kappa shape index (κ2) is 6.24. The Morgan fingerprint density at radius 2 is 2.35 bits per heavy atom. The monoisotopic (exact) mass is 279 g/mol. The average Bonchev–Trinajstić information content (AvgIpc) is 3.10. The Labute approximate surface area is 120 Å². The zero-order chi connectivity index (χ0) is 13.8. The predicted octanol–water partition coefficient (Wildman–Crippen LogP) is 1.82. The van der Waals surface area contributed by atoms with Crippen LogP contribution in [-0.2, 0) is 16.0 Å². The van der Waals surface area contributed by atoms with E-state index in [1.165, 1.54) is 12.1 Å². The third-order valence-electron chi connectivity index (χ3n) is 4.74. The minimum atomic E-state index is 0.156. The first-order valence-electron chi connectivity index (χ1n) is 7.63. The number of aromatic nitrogens is 2. The van der Waals surface area contributed by atoms with Crippen LogP contribution in [0, 0.1) is 5.92 Å². The number of hydrogen-bond acceptors (Lipinski definition) is 4. The molecule has 2 fully saturated rings. The zero-order valence-corrected chi connectivity index (χ0v) is 12.3. The lowest BCUT2D eigenvalue weighted by atomic mass is 9.84. The summed E-state index contributed by atoms with van der Waals surface area (Å²) in [4.78, 5) is 2.49. The largest absolute Gasteiger partial charge is 0.385 e. The topological polar surface area (TPSA) is 50.4 Å². The van der Waals surface area contributed by atoms with Crippen molar-refractivity contribution in [3.63, 3.8) is 0 Å². The molecule has 0 aromatic carbocycles. The third kappa shape index (κ3) is 3.22. The molecule has 5 nitrogen and oxygen atoms in total. The van der Waals surface area contributed by atoms with Gasteiger partial charge in [-0.15, -0.1) is 0 Å². The molecule has 3 rings (SSSR count). The van der Waals surface area contributed by atoms with Crippen molar-refractivity contribution in [3.8, 4) is 0 Å². The summed E-state index contributed by atoms with van der Waals surface area (Å²) in [7, 11) is 1.78. The van der Waals surface area contributed by atoms with Gasteiger partial charge in [0.1, 0.15) is 0 Å². The molecular weight excluding hydrogens is 254 g/mol. The number of nitrogens with one attached hydrogen (secondary N) is 1. The van der Waals surface area contributed by atoms with Gasteiger partial charge in [0.2, 0.25) is 0 Å². The molecule has 3 heterocycles. The van der Waals surface area contributed by atoms with Crippen molar-refractivity contribution < 1.29 is 9.47 Å². The fourth-order valence-electron chi connectivity index (χ4n) is 3.49. The second-order valence-corrected chi connectivity index (χ2v) is 6.20. The van der Waals surface area contributed by atoms with Crippen LogP contribution in [0.4, 0.5) is 0 Å². The van der Waals surface area contributed by atoms with E-state index in [0.29, 0.717) is 5.92 Å². The van der Waals surface area contributed by atoms with Gasteiger partial charge in [-0.2, -0.15) is 5.10 Å². The first-order chi connectivity index (χ1) is 9.80. The van der Waals surface area contributed by atoms with Gasteiger partial charge in [-0.3, -0.25) is 10.00 Å². The molecule has 0 unspecified atom stereocenters. The third-order valence-corrected chi connectivity index (χ3v) is 4.74. The number of piperidine rings is 1. The first kappa shape index (κ1) is 14.0. The molecular formula is C15H25N3O2. The molecule has 2 aliphatic heterocycles. The van der Waals surface area contributed by atoms with Crippen molar-refractivity contribution in [3.05, 3.63) is 18.0 Å². The Bertz CT molecular complexity index is 399. The Morgan fingerprint density at radius 1 is 1.50 bits per heavy atom. The number of hydrogen-bond donors (Lipinski definition) is 1. The molecule has 2 saturated heterocycles. The zero-order valence-electron chi connectivity index (χ0n) is 12.3. The highest BCUT2D eigenvalue weighted by Gasteiger charge is 2.42. The summed E-state index contributed by atoms with van der Waals surface area (Å²) in [6.07, 6.45) is 6.49. The molecule has 5 heteroatoms. The van der Waals surface area contributed by atoms with Gasteiger partial charge in [-0.05, 0) is 37.7 Å². The lowest BCUT2D eigenvalue weighted by Crippen LogP contribution is -2.43. The Morgan fingerprint density at radius 3 is 3.05 bits per heavy atom. The summed E-state index contributed by atoms with van der Waals surface area (Å²) in [5.74, 6) is 0.689. The van der Waals surface area contributed by atoms with Crippen molar-refractivity contribution in [2.75, 3.05) is 33.4 Å². The molecule has 2 aliphatic rings. The highest BCUT2D eigenvalue weighted by molar-refractivity contribution is 4.99. The summed E-state index contributed by atoms with van der Waals surface area (Å²) in [6.45, 7) is 5.00. The number of likely N-dealkylation sites (tertiary alicyclic amines) is 1. The maximum atomic E-state index is 6.17. The standard InChI is InChI=1S/C15H25N3O2/c1-19-9-3-13-10-15(20-12-13)4-7-18(8-5-15)11-14-2-6-16-17-14/h2,6,13H,3-5,7-12H2,1H3,(H,16,17)/t13-/m0/s1. The van der Waals surface area contributed by atoms with Crippen molar-refractivity contribution in [2.45, 2.75) is 37.8 Å². The van der Waals surface area contributed by atoms with Crippen molar-refractivity contribution in [1.29, 1.82) is 0 Å². The average molecular weight is 279 g/mol. The highest BCUT2D eigenvalue weighted by atomic mass is 16.5. The van der Waals surface area contributed by atoms with Gasteiger partial charge in [-0.25, -0.2) is 0 Å². The molecule has 1 atom stereocenters. The fourth-order valence-corrected chi connectivity index (χ4v) is 3.49. The minimum Gasteiger partial charge on any atom is -0.385 e. The smallest absolute Gasteiger partial charge is 0.0710 e. The summed E-state index contributed by atoms with van der Waals surface area (Å²) < 4.78 is 11.4. The molecule has 1 aromatic heterocycles. The number of aromatic amines is 1. The van der Waals surface area contributed by atoms with Crippen LogP contribution in [0.5, 0.6) is 0 Å². The van der Waals surface area contributed by atoms with Gasteiger partial charge in [-0.1, -0.05) is 0 Å². The van der Waals surface area contributed by atoms with E-state index in [1.54, 1.807) is 7.11 Å². The van der Waals surface area contributed by atoms with Gasteiger partial charge in [0, 0.05) is 45.2 Å². The summed E-state index contributed by atoms with van der Waals surface area (Å²) in [5, 5.41) is 7.05. The van der Waals surface area contributed by atoms with Crippen molar-refractivity contribution in [2.24, 2.45) is 5.92 Å². The van der Waals surface area contributed by atoms with Crippen LogP contribution < -0.4 is 0 Å². The summed E-state index contributed by atoms with van der Waals surface area (Å²) in [5.41, 5.74) is 1.36. The summed E-state index contributed by atoms with van der Waals surface area (Å²) >= 11 is 0. The number of methoxy groups -OCH3 is 1. The molecule has 1 aromatic rings. The molecule has 1 spiro atoms. The van der Waals surface area contributed by atoms with Crippen LogP contribution in [0.1, 0.15) is 31.4 Å². The van der Waals surface area contributed by atoms with E-state index >= 15 is 0 Å². The molecule has 20 heavy (non-hydrogen) atoms. The van der Waals surface area contributed by atoms with Crippen molar-refractivity contribution in [1.82, 2.24) is 15.1 Å². The first-order valence-corrected chi connectivity index (χ1v) is 7.63. The van der Waals surface area contributed by atoms with Gasteiger partial charge < -0.3 is 9.47 Å². The maximum Gasteiger partial charge on any atom is 0.0710 e. The summed E-state index contributed by atoms with van der Waals surface area (Å²) in [6, 6.07) is 2.05. The number of H-pyrrole nitrogens is 1. The Hall–Kier alpha value is -0.910. The van der Waals surface area contributed by atoms with Gasteiger partial charge in [0.05, 0.1) is 12.2 Å². The minimum absolute atomic E-state index is 0.156. The number of ether oxygens (including phenoxy) is 2. The van der Waals surface area contributed by atoms with E-state index in [2.05, 4.69) is 21.2 Å². The molecule has 0 amide bonds. The number of rotatable bonds is 5. The second-order valence-electron chi connectivity index (χ2n) is 6.20. The van der Waals surface area contributed by atoms with Crippen LogP contribution in [0.3, 0.4) is 0 Å². The molecule has 1 N–H and O–H groups in total. The Kier molecular flexibility index (Phi) is 4.38. The molecule has 112 valence electrons. The van der Waals surface area contributed by atoms with Crippen LogP contribution in [-0.4, -0.2) is 54.1 Å². The van der Waals surface area contributed by atoms with Crippen LogP contribution in [0.25, 0.3) is 0 Å². The van der Waals surface area contributed by atoms with E-state index in [0.717, 1.165) is 52.1 Å².